The van der Waals surface area contributed by atoms with Crippen LogP contribution in [-0.2, 0) is 4.74 Å². The van der Waals surface area contributed by atoms with E-state index in [-0.39, 0.29) is 12.0 Å². The maximum Gasteiger partial charge on any atom is 0.0579 e. The molecule has 1 heterocycles. The molecular weight excluding hydrogens is 286 g/mol. The van der Waals surface area contributed by atoms with E-state index in [9.17, 15) is 5.11 Å². The summed E-state index contributed by atoms with van der Waals surface area (Å²) in [6.07, 6.45) is 2.56. The molecule has 1 atom stereocenters. The third kappa shape index (κ3) is 2.89. The second-order valence-electron chi connectivity index (χ2n) is 7.34. The van der Waals surface area contributed by atoms with Crippen molar-refractivity contribution in [3.05, 3.63) is 48.0 Å². The zero-order chi connectivity index (χ0) is 15.9. The molecule has 1 saturated heterocycles. The highest BCUT2D eigenvalue weighted by atomic mass is 16.5. The van der Waals surface area contributed by atoms with Crippen LogP contribution in [0.2, 0.25) is 0 Å². The fraction of sp³-hybridized carbons (Fsp3) is 0.500. The molecule has 3 nitrogen and oxygen atoms in total. The van der Waals surface area contributed by atoms with E-state index in [0.29, 0.717) is 25.3 Å². The highest BCUT2D eigenvalue weighted by Crippen LogP contribution is 2.39. The van der Waals surface area contributed by atoms with Gasteiger partial charge in [0.25, 0.3) is 0 Å². The van der Waals surface area contributed by atoms with E-state index < -0.39 is 0 Å². The van der Waals surface area contributed by atoms with Gasteiger partial charge in [0, 0.05) is 18.6 Å². The molecule has 2 aliphatic rings. The van der Waals surface area contributed by atoms with Crippen LogP contribution in [-0.4, -0.2) is 42.4 Å². The number of benzene rings is 2. The number of nitrogens with zero attached hydrogens (tertiary/aromatic N) is 1. The van der Waals surface area contributed by atoms with E-state index in [1.807, 2.05) is 0 Å². The molecular formula is C20H25NO2. The lowest BCUT2D eigenvalue weighted by atomic mass is 9.85. The summed E-state index contributed by atoms with van der Waals surface area (Å²) in [7, 11) is 0. The summed E-state index contributed by atoms with van der Waals surface area (Å²) in [5.74, 6) is 0. The van der Waals surface area contributed by atoms with E-state index in [1.54, 1.807) is 0 Å². The zero-order valence-corrected chi connectivity index (χ0v) is 13.7. The normalized spacial score (nSPS) is 21.3. The summed E-state index contributed by atoms with van der Waals surface area (Å²) in [6.45, 7) is 4.84. The van der Waals surface area contributed by atoms with Gasteiger partial charge in [-0.05, 0) is 42.2 Å². The smallest absolute Gasteiger partial charge is 0.0579 e. The Morgan fingerprint density at radius 3 is 2.52 bits per heavy atom. The van der Waals surface area contributed by atoms with Crippen molar-refractivity contribution in [1.29, 1.82) is 0 Å². The Bertz CT molecular complexity index is 685. The Kier molecular flexibility index (Phi) is 3.88. The SMILES string of the molecule is CC(c1ccc2ccccc2c1)N(CC1(CO)COC1)C1CC1. The predicted molar refractivity (Wildman–Crippen MR) is 92.4 cm³/mol. The average molecular weight is 311 g/mol. The van der Waals surface area contributed by atoms with Crippen molar-refractivity contribution in [1.82, 2.24) is 4.90 Å². The van der Waals surface area contributed by atoms with Crippen LogP contribution < -0.4 is 0 Å². The van der Waals surface area contributed by atoms with Gasteiger partial charge in [-0.15, -0.1) is 0 Å². The second-order valence-corrected chi connectivity index (χ2v) is 7.34. The Hall–Kier alpha value is -1.42. The average Bonchev–Trinajstić information content (AvgIpc) is 3.38. The first-order valence-corrected chi connectivity index (χ1v) is 8.64. The predicted octanol–water partition coefficient (Wildman–Crippen LogP) is 3.37. The molecule has 0 spiro atoms. The Morgan fingerprint density at radius 1 is 1.17 bits per heavy atom. The van der Waals surface area contributed by atoms with Crippen LogP contribution in [0.5, 0.6) is 0 Å². The van der Waals surface area contributed by atoms with Gasteiger partial charge in [-0.1, -0.05) is 36.4 Å². The maximum atomic E-state index is 9.77. The molecule has 2 aromatic carbocycles. The lowest BCUT2D eigenvalue weighted by Crippen LogP contribution is -2.54. The van der Waals surface area contributed by atoms with Crippen LogP contribution >= 0.6 is 0 Å². The Labute approximate surface area is 137 Å². The number of ether oxygens (including phenoxy) is 1. The van der Waals surface area contributed by atoms with Crippen molar-refractivity contribution in [3.63, 3.8) is 0 Å². The minimum atomic E-state index is -0.0479. The molecule has 1 aliphatic carbocycles. The van der Waals surface area contributed by atoms with Crippen molar-refractivity contribution in [2.45, 2.75) is 31.8 Å². The number of hydrogen-bond acceptors (Lipinski definition) is 3. The van der Waals surface area contributed by atoms with E-state index in [2.05, 4.69) is 54.3 Å². The second kappa shape index (κ2) is 5.90. The van der Waals surface area contributed by atoms with Crippen LogP contribution in [0.15, 0.2) is 42.5 Å². The van der Waals surface area contributed by atoms with Crippen LogP contribution in [0.25, 0.3) is 10.8 Å². The van der Waals surface area contributed by atoms with E-state index in [1.165, 1.54) is 29.2 Å². The van der Waals surface area contributed by atoms with E-state index in [4.69, 9.17) is 4.74 Å². The van der Waals surface area contributed by atoms with Crippen molar-refractivity contribution in [2.24, 2.45) is 5.41 Å². The molecule has 1 saturated carbocycles. The molecule has 3 heteroatoms. The fourth-order valence-corrected chi connectivity index (χ4v) is 3.66. The highest BCUT2D eigenvalue weighted by Gasteiger charge is 2.44. The molecule has 2 aromatic rings. The van der Waals surface area contributed by atoms with Crippen molar-refractivity contribution in [3.8, 4) is 0 Å². The van der Waals surface area contributed by atoms with Gasteiger partial charge in [0.2, 0.25) is 0 Å². The summed E-state index contributed by atoms with van der Waals surface area (Å²) in [5, 5.41) is 12.4. The quantitative estimate of drug-likeness (QED) is 0.888. The Balaban J connectivity index is 1.59. The van der Waals surface area contributed by atoms with Gasteiger partial charge in [0.1, 0.15) is 0 Å². The molecule has 2 fully saturated rings. The van der Waals surface area contributed by atoms with Crippen LogP contribution in [0.4, 0.5) is 0 Å². The standard InChI is InChI=1S/C20H25NO2/c1-15(17-7-6-16-4-2-3-5-18(16)10-17)21(19-8-9-19)11-20(12-22)13-23-14-20/h2-7,10,15,19,22H,8-9,11-14H2,1H3. The molecule has 0 radical (unpaired) electrons. The number of fused-ring (bicyclic) bond motifs is 1. The van der Waals surface area contributed by atoms with Gasteiger partial charge < -0.3 is 9.84 Å². The first-order valence-electron chi connectivity index (χ1n) is 8.64. The number of aliphatic hydroxyl groups is 1. The van der Waals surface area contributed by atoms with Gasteiger partial charge in [0.05, 0.1) is 25.2 Å². The molecule has 0 amide bonds. The van der Waals surface area contributed by atoms with Crippen molar-refractivity contribution < 1.29 is 9.84 Å². The van der Waals surface area contributed by atoms with Gasteiger partial charge >= 0.3 is 0 Å². The van der Waals surface area contributed by atoms with Crippen LogP contribution in [0, 0.1) is 5.41 Å². The summed E-state index contributed by atoms with van der Waals surface area (Å²) >= 11 is 0. The monoisotopic (exact) mass is 311 g/mol. The van der Waals surface area contributed by atoms with Crippen molar-refractivity contribution >= 4 is 10.8 Å². The fourth-order valence-electron chi connectivity index (χ4n) is 3.66. The topological polar surface area (TPSA) is 32.7 Å². The van der Waals surface area contributed by atoms with Gasteiger partial charge in [0.15, 0.2) is 0 Å². The van der Waals surface area contributed by atoms with Crippen molar-refractivity contribution in [2.75, 3.05) is 26.4 Å². The molecule has 0 bridgehead atoms. The molecule has 122 valence electrons. The summed E-state index contributed by atoms with van der Waals surface area (Å²) < 4.78 is 5.39. The summed E-state index contributed by atoms with van der Waals surface area (Å²) in [5.41, 5.74) is 1.32. The first kappa shape index (κ1) is 15.1. The minimum absolute atomic E-state index is 0.0479. The first-order chi connectivity index (χ1) is 11.2. The van der Waals surface area contributed by atoms with Gasteiger partial charge in [-0.2, -0.15) is 0 Å². The zero-order valence-electron chi connectivity index (χ0n) is 13.7. The van der Waals surface area contributed by atoms with E-state index >= 15 is 0 Å². The maximum absolute atomic E-state index is 9.77. The molecule has 1 unspecified atom stereocenters. The molecule has 4 rings (SSSR count). The number of hydrogen-bond donors (Lipinski definition) is 1. The third-order valence-electron chi connectivity index (χ3n) is 5.44. The number of rotatable bonds is 6. The highest BCUT2D eigenvalue weighted by molar-refractivity contribution is 5.83. The van der Waals surface area contributed by atoms with Gasteiger partial charge in [-0.3, -0.25) is 4.90 Å². The molecule has 23 heavy (non-hydrogen) atoms. The Morgan fingerprint density at radius 2 is 1.91 bits per heavy atom. The lowest BCUT2D eigenvalue weighted by Gasteiger charge is -2.45. The summed E-state index contributed by atoms with van der Waals surface area (Å²) in [4.78, 5) is 2.59. The molecule has 1 aliphatic heterocycles. The van der Waals surface area contributed by atoms with Gasteiger partial charge in [-0.25, -0.2) is 0 Å². The van der Waals surface area contributed by atoms with E-state index in [0.717, 1.165) is 6.54 Å². The molecule has 0 aromatic heterocycles. The third-order valence-corrected chi connectivity index (χ3v) is 5.44. The van der Waals surface area contributed by atoms with Crippen LogP contribution in [0.1, 0.15) is 31.4 Å². The molecule has 1 N–H and O–H groups in total. The minimum Gasteiger partial charge on any atom is -0.396 e. The largest absolute Gasteiger partial charge is 0.396 e. The summed E-state index contributed by atoms with van der Waals surface area (Å²) in [6, 6.07) is 16.4. The van der Waals surface area contributed by atoms with Crippen LogP contribution in [0.3, 0.4) is 0 Å². The lowest BCUT2D eigenvalue weighted by molar-refractivity contribution is -0.152. The number of aliphatic hydroxyl groups excluding tert-OH is 1.